The Balaban J connectivity index is 1.93. The summed E-state index contributed by atoms with van der Waals surface area (Å²) >= 11 is 0. The molecule has 0 aromatic carbocycles. The van der Waals surface area contributed by atoms with Gasteiger partial charge < -0.3 is 10.1 Å². The lowest BCUT2D eigenvalue weighted by atomic mass is 9.83. The fraction of sp³-hybridized carbons (Fsp3) is 0.692. The number of nitrogens with zero attached hydrogens (tertiary/aromatic N) is 2. The van der Waals surface area contributed by atoms with E-state index in [0.717, 1.165) is 42.6 Å². The minimum atomic E-state index is 0.742. The van der Waals surface area contributed by atoms with Gasteiger partial charge in [-0.1, -0.05) is 26.2 Å². The van der Waals surface area contributed by atoms with Crippen molar-refractivity contribution in [1.82, 2.24) is 9.97 Å². The number of aromatic nitrogens is 2. The van der Waals surface area contributed by atoms with E-state index in [9.17, 15) is 0 Å². The lowest BCUT2D eigenvalue weighted by Gasteiger charge is -2.25. The first-order valence-corrected chi connectivity index (χ1v) is 6.49. The molecule has 0 radical (unpaired) electrons. The third-order valence-corrected chi connectivity index (χ3v) is 3.49. The van der Waals surface area contributed by atoms with Crippen LogP contribution in [-0.4, -0.2) is 23.6 Å². The van der Waals surface area contributed by atoms with Crippen molar-refractivity contribution in [3.05, 3.63) is 11.9 Å². The predicted molar refractivity (Wildman–Crippen MR) is 68.4 cm³/mol. The van der Waals surface area contributed by atoms with Gasteiger partial charge in [-0.3, -0.25) is 0 Å². The van der Waals surface area contributed by atoms with Crippen LogP contribution in [0.4, 0.5) is 5.82 Å². The van der Waals surface area contributed by atoms with Crippen LogP contribution in [-0.2, 0) is 6.42 Å². The van der Waals surface area contributed by atoms with Gasteiger partial charge in [-0.05, 0) is 18.8 Å². The molecular formula is C13H21N3O. The monoisotopic (exact) mass is 235 g/mol. The molecule has 17 heavy (non-hydrogen) atoms. The van der Waals surface area contributed by atoms with Crippen molar-refractivity contribution in [2.24, 2.45) is 5.92 Å². The zero-order valence-electron chi connectivity index (χ0n) is 10.7. The molecule has 4 nitrogen and oxygen atoms in total. The number of ether oxygens (including phenoxy) is 1. The van der Waals surface area contributed by atoms with Crippen molar-refractivity contribution in [3.8, 4) is 5.88 Å². The minimum Gasteiger partial charge on any atom is -0.477 e. The Morgan fingerprint density at radius 2 is 2.24 bits per heavy atom. The molecule has 1 N–H and O–H groups in total. The molecule has 0 bridgehead atoms. The molecule has 94 valence electrons. The summed E-state index contributed by atoms with van der Waals surface area (Å²) in [6, 6.07) is 0. The number of hydrogen-bond donors (Lipinski definition) is 1. The first kappa shape index (κ1) is 12.1. The zero-order chi connectivity index (χ0) is 12.1. The van der Waals surface area contributed by atoms with Gasteiger partial charge in [0.2, 0.25) is 5.88 Å². The van der Waals surface area contributed by atoms with Crippen molar-refractivity contribution < 1.29 is 4.74 Å². The Labute approximate surface area is 103 Å². The molecule has 1 aromatic heterocycles. The van der Waals surface area contributed by atoms with E-state index in [2.05, 4.69) is 22.2 Å². The Hall–Kier alpha value is -1.32. The summed E-state index contributed by atoms with van der Waals surface area (Å²) in [5.41, 5.74) is 1.07. The largest absolute Gasteiger partial charge is 0.477 e. The smallest absolute Gasteiger partial charge is 0.221 e. The van der Waals surface area contributed by atoms with Crippen LogP contribution in [0.2, 0.25) is 0 Å². The van der Waals surface area contributed by atoms with Crippen LogP contribution in [0.5, 0.6) is 5.88 Å². The van der Waals surface area contributed by atoms with Gasteiger partial charge >= 0.3 is 0 Å². The normalized spacial score (nSPS) is 15.4. The lowest BCUT2D eigenvalue weighted by Crippen LogP contribution is -2.15. The number of anilines is 1. The van der Waals surface area contributed by atoms with E-state index >= 15 is 0 Å². The van der Waals surface area contributed by atoms with Crippen LogP contribution in [0.3, 0.4) is 0 Å². The first-order valence-electron chi connectivity index (χ1n) is 6.49. The van der Waals surface area contributed by atoms with Gasteiger partial charge in [-0.15, -0.1) is 0 Å². The number of nitrogens with one attached hydrogen (secondary N) is 1. The second-order valence-electron chi connectivity index (χ2n) is 4.54. The molecule has 2 rings (SSSR count). The van der Waals surface area contributed by atoms with Crippen molar-refractivity contribution in [2.45, 2.75) is 39.0 Å². The number of rotatable bonds is 6. The van der Waals surface area contributed by atoms with Gasteiger partial charge in [-0.2, -0.15) is 0 Å². The first-order chi connectivity index (χ1) is 8.35. The van der Waals surface area contributed by atoms with Gasteiger partial charge in [-0.25, -0.2) is 9.97 Å². The van der Waals surface area contributed by atoms with Crippen LogP contribution >= 0.6 is 0 Å². The molecule has 1 heterocycles. The molecule has 1 fully saturated rings. The molecule has 1 aliphatic rings. The van der Waals surface area contributed by atoms with Gasteiger partial charge in [0.05, 0.1) is 12.2 Å². The van der Waals surface area contributed by atoms with Crippen LogP contribution in [0.15, 0.2) is 6.33 Å². The van der Waals surface area contributed by atoms with Crippen molar-refractivity contribution in [1.29, 1.82) is 0 Å². The van der Waals surface area contributed by atoms with Gasteiger partial charge in [0.15, 0.2) is 0 Å². The van der Waals surface area contributed by atoms with Crippen LogP contribution in [0.1, 0.15) is 38.2 Å². The average molecular weight is 235 g/mol. The van der Waals surface area contributed by atoms with E-state index in [0.29, 0.717) is 0 Å². The molecule has 1 aromatic rings. The van der Waals surface area contributed by atoms with Crippen LogP contribution < -0.4 is 10.1 Å². The maximum absolute atomic E-state index is 5.79. The molecule has 0 atom stereocenters. The highest BCUT2D eigenvalue weighted by Crippen LogP contribution is 2.29. The quantitative estimate of drug-likeness (QED) is 0.823. The van der Waals surface area contributed by atoms with E-state index in [1.807, 2.05) is 7.05 Å². The molecule has 0 spiro atoms. The highest BCUT2D eigenvalue weighted by atomic mass is 16.5. The van der Waals surface area contributed by atoms with E-state index in [4.69, 9.17) is 4.74 Å². The summed E-state index contributed by atoms with van der Waals surface area (Å²) in [5.74, 6) is 2.50. The average Bonchev–Trinajstić information content (AvgIpc) is 2.31. The Kier molecular flexibility index (Phi) is 4.18. The van der Waals surface area contributed by atoms with E-state index in [-0.39, 0.29) is 0 Å². The fourth-order valence-corrected chi connectivity index (χ4v) is 2.16. The number of hydrogen-bond acceptors (Lipinski definition) is 4. The van der Waals surface area contributed by atoms with Crippen molar-refractivity contribution >= 4 is 5.82 Å². The Bertz CT molecular complexity index is 364. The molecule has 0 amide bonds. The van der Waals surface area contributed by atoms with Crippen molar-refractivity contribution in [3.63, 3.8) is 0 Å². The van der Waals surface area contributed by atoms with Crippen LogP contribution in [0, 0.1) is 5.92 Å². The lowest BCUT2D eigenvalue weighted by molar-refractivity contribution is 0.216. The molecular weight excluding hydrogens is 214 g/mol. The summed E-state index contributed by atoms with van der Waals surface area (Å²) < 4.78 is 5.79. The maximum Gasteiger partial charge on any atom is 0.221 e. The second-order valence-corrected chi connectivity index (χ2v) is 4.54. The van der Waals surface area contributed by atoms with Gasteiger partial charge in [0.25, 0.3) is 0 Å². The highest BCUT2D eigenvalue weighted by Gasteiger charge is 2.17. The van der Waals surface area contributed by atoms with Crippen LogP contribution in [0.25, 0.3) is 0 Å². The third kappa shape index (κ3) is 2.87. The van der Waals surface area contributed by atoms with E-state index in [1.165, 1.54) is 19.3 Å². The SMILES string of the molecule is CCc1c(NC)ncnc1OCCC1CCC1. The summed E-state index contributed by atoms with van der Waals surface area (Å²) in [5, 5.41) is 3.08. The third-order valence-electron chi connectivity index (χ3n) is 3.49. The minimum absolute atomic E-state index is 0.742. The topological polar surface area (TPSA) is 47.0 Å². The summed E-state index contributed by atoms with van der Waals surface area (Å²) in [7, 11) is 1.87. The second kappa shape index (κ2) is 5.84. The van der Waals surface area contributed by atoms with E-state index in [1.54, 1.807) is 6.33 Å². The highest BCUT2D eigenvalue weighted by molar-refractivity contribution is 5.48. The predicted octanol–water partition coefficient (Wildman–Crippen LogP) is 2.65. The standard InChI is InChI=1S/C13H21N3O/c1-3-11-12(14-2)15-9-16-13(11)17-8-7-10-5-4-6-10/h9-10H,3-8H2,1-2H3,(H,14,15,16). The summed E-state index contributed by atoms with van der Waals surface area (Å²) in [6.45, 7) is 2.87. The summed E-state index contributed by atoms with van der Waals surface area (Å²) in [6.07, 6.45) is 7.73. The fourth-order valence-electron chi connectivity index (χ4n) is 2.16. The molecule has 0 aliphatic heterocycles. The Morgan fingerprint density at radius 1 is 1.41 bits per heavy atom. The molecule has 0 saturated heterocycles. The molecule has 1 aliphatic carbocycles. The maximum atomic E-state index is 5.79. The molecule has 1 saturated carbocycles. The van der Waals surface area contributed by atoms with Crippen molar-refractivity contribution in [2.75, 3.05) is 19.0 Å². The summed E-state index contributed by atoms with van der Waals surface area (Å²) in [4.78, 5) is 8.42. The zero-order valence-corrected chi connectivity index (χ0v) is 10.7. The molecule has 4 heteroatoms. The van der Waals surface area contributed by atoms with Gasteiger partial charge in [0, 0.05) is 7.05 Å². The van der Waals surface area contributed by atoms with Gasteiger partial charge in [0.1, 0.15) is 12.1 Å². The van der Waals surface area contributed by atoms with E-state index < -0.39 is 0 Å². The molecule has 0 unspecified atom stereocenters. The Morgan fingerprint density at radius 3 is 2.82 bits per heavy atom.